The second-order valence-electron chi connectivity index (χ2n) is 4.28. The van der Waals surface area contributed by atoms with Crippen LogP contribution in [0.25, 0.3) is 6.08 Å². The van der Waals surface area contributed by atoms with Crippen LogP contribution in [-0.2, 0) is 4.79 Å². The molecular weight excluding hydrogens is 245 g/mol. The first-order chi connectivity index (χ1) is 9.24. The lowest BCUT2D eigenvalue weighted by Crippen LogP contribution is -2.21. The molecule has 2 N–H and O–H groups in total. The van der Waals surface area contributed by atoms with Crippen molar-refractivity contribution in [2.45, 2.75) is 25.7 Å². The normalized spacial score (nSPS) is 10.8. The van der Waals surface area contributed by atoms with E-state index in [4.69, 9.17) is 5.11 Å². The zero-order chi connectivity index (χ0) is 13.9. The number of unbranched alkanes of at least 4 members (excludes halogenated alkanes) is 3. The predicted octanol–water partition coefficient (Wildman–Crippen LogP) is 2.51. The topological polar surface area (TPSA) is 49.3 Å². The minimum Gasteiger partial charge on any atom is -0.396 e. The summed E-state index contributed by atoms with van der Waals surface area (Å²) in [6.07, 6.45) is 6.46. The van der Waals surface area contributed by atoms with Crippen molar-refractivity contribution in [1.29, 1.82) is 0 Å². The largest absolute Gasteiger partial charge is 0.396 e. The van der Waals surface area contributed by atoms with Gasteiger partial charge < -0.3 is 10.4 Å². The molecule has 0 aliphatic rings. The highest BCUT2D eigenvalue weighted by Gasteiger charge is 1.98. The van der Waals surface area contributed by atoms with E-state index >= 15 is 0 Å². The molecule has 1 aromatic rings. The standard InChI is InChI=1S/C15H20FNO2/c16-14-8-4-3-7-13(14)9-10-15(19)17-11-5-1-2-6-12-18/h3-4,7-10,18H,1-2,5-6,11-12H2,(H,17,19)/b10-9+. The van der Waals surface area contributed by atoms with Gasteiger partial charge in [0.15, 0.2) is 0 Å². The van der Waals surface area contributed by atoms with E-state index in [1.165, 1.54) is 18.2 Å². The van der Waals surface area contributed by atoms with E-state index < -0.39 is 0 Å². The average molecular weight is 265 g/mol. The van der Waals surface area contributed by atoms with E-state index in [1.807, 2.05) is 0 Å². The first kappa shape index (κ1) is 15.4. The van der Waals surface area contributed by atoms with Gasteiger partial charge in [-0.3, -0.25) is 4.79 Å². The van der Waals surface area contributed by atoms with Crippen LogP contribution < -0.4 is 5.32 Å². The number of amides is 1. The summed E-state index contributed by atoms with van der Waals surface area (Å²) < 4.78 is 13.3. The molecule has 0 bridgehead atoms. The molecule has 1 aromatic carbocycles. The van der Waals surface area contributed by atoms with Crippen LogP contribution in [-0.4, -0.2) is 24.2 Å². The number of hydrogen-bond acceptors (Lipinski definition) is 2. The van der Waals surface area contributed by atoms with Crippen molar-refractivity contribution in [2.75, 3.05) is 13.2 Å². The van der Waals surface area contributed by atoms with Crippen LogP contribution in [0.15, 0.2) is 30.3 Å². The fourth-order valence-electron chi connectivity index (χ4n) is 1.64. The molecule has 3 nitrogen and oxygen atoms in total. The number of halogens is 1. The number of aliphatic hydroxyl groups excluding tert-OH is 1. The Hall–Kier alpha value is -1.68. The number of carbonyl (C=O) groups excluding carboxylic acids is 1. The van der Waals surface area contributed by atoms with Crippen molar-refractivity contribution in [3.63, 3.8) is 0 Å². The van der Waals surface area contributed by atoms with E-state index in [9.17, 15) is 9.18 Å². The minimum atomic E-state index is -0.337. The summed E-state index contributed by atoms with van der Waals surface area (Å²) in [5.74, 6) is -0.555. The Morgan fingerprint density at radius 1 is 1.21 bits per heavy atom. The van der Waals surface area contributed by atoms with Crippen molar-refractivity contribution in [3.05, 3.63) is 41.7 Å². The minimum absolute atomic E-state index is 0.217. The molecule has 104 valence electrons. The highest BCUT2D eigenvalue weighted by Crippen LogP contribution is 2.07. The van der Waals surface area contributed by atoms with Gasteiger partial charge in [-0.25, -0.2) is 4.39 Å². The third kappa shape index (κ3) is 6.72. The smallest absolute Gasteiger partial charge is 0.244 e. The summed E-state index contributed by atoms with van der Waals surface area (Å²) in [5, 5.41) is 11.3. The van der Waals surface area contributed by atoms with Crippen LogP contribution in [0.1, 0.15) is 31.2 Å². The number of aliphatic hydroxyl groups is 1. The molecule has 0 aromatic heterocycles. The summed E-state index contributed by atoms with van der Waals surface area (Å²) in [4.78, 5) is 11.5. The van der Waals surface area contributed by atoms with Crippen LogP contribution in [0.3, 0.4) is 0 Å². The van der Waals surface area contributed by atoms with Crippen molar-refractivity contribution >= 4 is 12.0 Å². The molecule has 19 heavy (non-hydrogen) atoms. The molecule has 0 radical (unpaired) electrons. The van der Waals surface area contributed by atoms with E-state index in [0.29, 0.717) is 12.1 Å². The van der Waals surface area contributed by atoms with E-state index in [0.717, 1.165) is 25.7 Å². The lowest BCUT2D eigenvalue weighted by molar-refractivity contribution is -0.116. The molecule has 0 fully saturated rings. The quantitative estimate of drug-likeness (QED) is 0.560. The Morgan fingerprint density at radius 2 is 1.95 bits per heavy atom. The number of hydrogen-bond donors (Lipinski definition) is 2. The molecule has 1 amide bonds. The molecule has 0 unspecified atom stereocenters. The zero-order valence-electron chi connectivity index (χ0n) is 10.9. The Labute approximate surface area is 113 Å². The summed E-state index contributed by atoms with van der Waals surface area (Å²) in [6, 6.07) is 6.31. The molecule has 0 heterocycles. The van der Waals surface area contributed by atoms with Gasteiger partial charge in [-0.15, -0.1) is 0 Å². The molecule has 0 atom stereocenters. The van der Waals surface area contributed by atoms with Crippen molar-refractivity contribution < 1.29 is 14.3 Å². The highest BCUT2D eigenvalue weighted by molar-refractivity contribution is 5.91. The van der Waals surface area contributed by atoms with Crippen LogP contribution in [0, 0.1) is 5.82 Å². The molecule has 0 spiro atoms. The molecule has 0 aliphatic carbocycles. The summed E-state index contributed by atoms with van der Waals surface area (Å²) in [5.41, 5.74) is 0.403. The van der Waals surface area contributed by atoms with E-state index in [-0.39, 0.29) is 18.3 Å². The van der Waals surface area contributed by atoms with Gasteiger partial charge in [0.1, 0.15) is 5.82 Å². The molecular formula is C15H20FNO2. The highest BCUT2D eigenvalue weighted by atomic mass is 19.1. The maximum atomic E-state index is 13.3. The monoisotopic (exact) mass is 265 g/mol. The second kappa shape index (κ2) is 9.28. The van der Waals surface area contributed by atoms with Gasteiger partial charge in [0.05, 0.1) is 0 Å². The third-order valence-electron chi connectivity index (χ3n) is 2.70. The lowest BCUT2D eigenvalue weighted by atomic mass is 10.2. The first-order valence-electron chi connectivity index (χ1n) is 6.55. The molecule has 1 rings (SSSR count). The fourth-order valence-corrected chi connectivity index (χ4v) is 1.64. The van der Waals surface area contributed by atoms with Gasteiger partial charge in [0.2, 0.25) is 5.91 Å². The fraction of sp³-hybridized carbons (Fsp3) is 0.400. The van der Waals surface area contributed by atoms with E-state index in [2.05, 4.69) is 5.32 Å². The van der Waals surface area contributed by atoms with Gasteiger partial charge in [-0.2, -0.15) is 0 Å². The zero-order valence-corrected chi connectivity index (χ0v) is 10.9. The van der Waals surface area contributed by atoms with Crippen molar-refractivity contribution in [2.24, 2.45) is 0 Å². The Kier molecular flexibility index (Phi) is 7.51. The van der Waals surface area contributed by atoms with Gasteiger partial charge in [-0.05, 0) is 25.0 Å². The first-order valence-corrected chi connectivity index (χ1v) is 6.55. The van der Waals surface area contributed by atoms with Crippen molar-refractivity contribution in [1.82, 2.24) is 5.32 Å². The second-order valence-corrected chi connectivity index (χ2v) is 4.28. The average Bonchev–Trinajstić information content (AvgIpc) is 2.42. The van der Waals surface area contributed by atoms with Gasteiger partial charge in [-0.1, -0.05) is 31.0 Å². The SMILES string of the molecule is O=C(/C=C/c1ccccc1F)NCCCCCCO. The number of benzene rings is 1. The van der Waals surface area contributed by atoms with Gasteiger partial charge in [0.25, 0.3) is 0 Å². The maximum absolute atomic E-state index is 13.3. The summed E-state index contributed by atoms with van der Waals surface area (Å²) in [7, 11) is 0. The van der Waals surface area contributed by atoms with Crippen LogP contribution in [0.2, 0.25) is 0 Å². The Bertz CT molecular complexity index is 418. The van der Waals surface area contributed by atoms with Gasteiger partial charge in [0, 0.05) is 24.8 Å². The van der Waals surface area contributed by atoms with Crippen LogP contribution in [0.5, 0.6) is 0 Å². The Balaban J connectivity index is 2.22. The third-order valence-corrected chi connectivity index (χ3v) is 2.70. The Morgan fingerprint density at radius 3 is 2.68 bits per heavy atom. The molecule has 0 saturated carbocycles. The molecule has 4 heteroatoms. The van der Waals surface area contributed by atoms with Crippen LogP contribution >= 0.6 is 0 Å². The predicted molar refractivity (Wildman–Crippen MR) is 74.0 cm³/mol. The van der Waals surface area contributed by atoms with Gasteiger partial charge >= 0.3 is 0 Å². The maximum Gasteiger partial charge on any atom is 0.244 e. The van der Waals surface area contributed by atoms with Crippen LogP contribution in [0.4, 0.5) is 4.39 Å². The number of nitrogens with one attached hydrogen (secondary N) is 1. The molecule has 0 saturated heterocycles. The van der Waals surface area contributed by atoms with E-state index in [1.54, 1.807) is 18.2 Å². The van der Waals surface area contributed by atoms with Crippen molar-refractivity contribution in [3.8, 4) is 0 Å². The number of carbonyl (C=O) groups is 1. The summed E-state index contributed by atoms with van der Waals surface area (Å²) >= 11 is 0. The molecule has 0 aliphatic heterocycles. The lowest BCUT2D eigenvalue weighted by Gasteiger charge is -2.02. The number of rotatable bonds is 8. The summed E-state index contributed by atoms with van der Waals surface area (Å²) in [6.45, 7) is 0.823.